The largest absolute Gasteiger partial charge is 0.347 e. The second kappa shape index (κ2) is 7.39. The molecule has 1 atom stereocenters. The highest BCUT2D eigenvalue weighted by Gasteiger charge is 2.29. The zero-order valence-electron chi connectivity index (χ0n) is 13.9. The zero-order chi connectivity index (χ0) is 19.6. The quantitative estimate of drug-likeness (QED) is 0.817. The van der Waals surface area contributed by atoms with Gasteiger partial charge in [0.05, 0.1) is 11.5 Å². The van der Waals surface area contributed by atoms with Gasteiger partial charge in [-0.2, -0.15) is 0 Å². The van der Waals surface area contributed by atoms with Crippen LogP contribution in [0.3, 0.4) is 0 Å². The van der Waals surface area contributed by atoms with Gasteiger partial charge in [-0.1, -0.05) is 6.07 Å². The number of hydrogen-bond acceptors (Lipinski definition) is 5. The van der Waals surface area contributed by atoms with Crippen molar-refractivity contribution < 1.29 is 26.8 Å². The number of halogens is 2. The molecule has 2 aromatic rings. The van der Waals surface area contributed by atoms with Crippen molar-refractivity contribution in [1.82, 2.24) is 10.3 Å². The fourth-order valence-electron chi connectivity index (χ4n) is 2.62. The summed E-state index contributed by atoms with van der Waals surface area (Å²) in [7, 11) is -3.14. The Bertz CT molecular complexity index is 1010. The Morgan fingerprint density at radius 3 is 2.37 bits per heavy atom. The number of anilines is 1. The van der Waals surface area contributed by atoms with Crippen LogP contribution in [0.25, 0.3) is 0 Å². The van der Waals surface area contributed by atoms with E-state index in [0.29, 0.717) is 6.42 Å². The molecule has 1 aliphatic rings. The number of carbonyl (C=O) groups excluding carboxylic acids is 2. The van der Waals surface area contributed by atoms with Gasteiger partial charge >= 0.3 is 0 Å². The van der Waals surface area contributed by atoms with Crippen molar-refractivity contribution >= 4 is 27.3 Å². The monoisotopic (exact) mass is 395 g/mol. The number of carbonyl (C=O) groups is 2. The van der Waals surface area contributed by atoms with E-state index in [2.05, 4.69) is 15.6 Å². The Labute approximate surface area is 153 Å². The molecule has 27 heavy (non-hydrogen) atoms. The molecular formula is C17H15F2N3O4S. The predicted molar refractivity (Wildman–Crippen MR) is 93.1 cm³/mol. The number of aromatic nitrogens is 1. The highest BCUT2D eigenvalue weighted by Crippen LogP contribution is 2.15. The van der Waals surface area contributed by atoms with E-state index in [-0.39, 0.29) is 28.6 Å². The molecule has 2 amide bonds. The van der Waals surface area contributed by atoms with Gasteiger partial charge in [0, 0.05) is 17.8 Å². The Kier molecular flexibility index (Phi) is 5.17. The van der Waals surface area contributed by atoms with Crippen LogP contribution in [0, 0.1) is 11.6 Å². The summed E-state index contributed by atoms with van der Waals surface area (Å²) in [5.74, 6) is -3.57. The SMILES string of the molecule is O=C(Nc1ccc(F)c(F)c1)c1cccc(C(=O)NC2CCS(=O)(=O)C2)n1. The van der Waals surface area contributed by atoms with Crippen LogP contribution in [0.5, 0.6) is 0 Å². The molecule has 1 aromatic heterocycles. The number of nitrogens with zero attached hydrogens (tertiary/aromatic N) is 1. The molecule has 10 heteroatoms. The lowest BCUT2D eigenvalue weighted by molar-refractivity contribution is 0.0936. The van der Waals surface area contributed by atoms with Crippen molar-refractivity contribution in [2.24, 2.45) is 0 Å². The maximum atomic E-state index is 13.2. The summed E-state index contributed by atoms with van der Waals surface area (Å²) in [4.78, 5) is 28.4. The number of nitrogens with one attached hydrogen (secondary N) is 2. The van der Waals surface area contributed by atoms with Crippen LogP contribution in [0.2, 0.25) is 0 Å². The lowest BCUT2D eigenvalue weighted by atomic mass is 10.2. The van der Waals surface area contributed by atoms with E-state index >= 15 is 0 Å². The molecule has 1 fully saturated rings. The van der Waals surface area contributed by atoms with Gasteiger partial charge in [0.1, 0.15) is 11.4 Å². The van der Waals surface area contributed by atoms with Crippen molar-refractivity contribution in [3.8, 4) is 0 Å². The molecule has 1 saturated heterocycles. The topological polar surface area (TPSA) is 105 Å². The number of pyridine rings is 1. The Morgan fingerprint density at radius 1 is 1.04 bits per heavy atom. The molecule has 0 spiro atoms. The first-order valence-corrected chi connectivity index (χ1v) is 9.80. The maximum absolute atomic E-state index is 13.2. The van der Waals surface area contributed by atoms with Crippen LogP contribution in [0.4, 0.5) is 14.5 Å². The fraction of sp³-hybridized carbons (Fsp3) is 0.235. The van der Waals surface area contributed by atoms with Gasteiger partial charge in [0.15, 0.2) is 21.5 Å². The summed E-state index contributed by atoms with van der Waals surface area (Å²) >= 11 is 0. The molecule has 0 bridgehead atoms. The first-order chi connectivity index (χ1) is 12.7. The normalized spacial score (nSPS) is 18.1. The van der Waals surface area contributed by atoms with Crippen molar-refractivity contribution in [3.63, 3.8) is 0 Å². The maximum Gasteiger partial charge on any atom is 0.274 e. The van der Waals surface area contributed by atoms with Crippen LogP contribution in [0.15, 0.2) is 36.4 Å². The smallest absolute Gasteiger partial charge is 0.274 e. The average molecular weight is 395 g/mol. The summed E-state index contributed by atoms with van der Waals surface area (Å²) in [6.07, 6.45) is 0.324. The van der Waals surface area contributed by atoms with Crippen LogP contribution in [-0.4, -0.2) is 42.8 Å². The van der Waals surface area contributed by atoms with E-state index in [9.17, 15) is 26.8 Å². The first-order valence-electron chi connectivity index (χ1n) is 7.98. The molecule has 0 aliphatic carbocycles. The summed E-state index contributed by atoms with van der Waals surface area (Å²) < 4.78 is 49.0. The highest BCUT2D eigenvalue weighted by molar-refractivity contribution is 7.91. The Balaban J connectivity index is 1.69. The molecule has 2 heterocycles. The predicted octanol–water partition coefficient (Wildman–Crippen LogP) is 1.53. The number of benzene rings is 1. The molecule has 3 rings (SSSR count). The number of hydrogen-bond donors (Lipinski definition) is 2. The summed E-state index contributed by atoms with van der Waals surface area (Å²) in [6, 6.07) is 6.56. The number of sulfone groups is 1. The molecule has 1 aromatic carbocycles. The minimum atomic E-state index is -3.14. The second-order valence-corrected chi connectivity index (χ2v) is 8.29. The molecule has 0 saturated carbocycles. The third-order valence-corrected chi connectivity index (χ3v) is 5.73. The molecular weight excluding hydrogens is 380 g/mol. The number of amides is 2. The van der Waals surface area contributed by atoms with Crippen molar-refractivity contribution in [2.75, 3.05) is 16.8 Å². The molecule has 1 aliphatic heterocycles. The van der Waals surface area contributed by atoms with E-state index in [0.717, 1.165) is 12.1 Å². The van der Waals surface area contributed by atoms with E-state index in [1.54, 1.807) is 0 Å². The molecule has 1 unspecified atom stereocenters. The molecule has 0 radical (unpaired) electrons. The van der Waals surface area contributed by atoms with Crippen LogP contribution < -0.4 is 10.6 Å². The molecule has 2 N–H and O–H groups in total. The Hall–Kier alpha value is -2.88. The molecule has 142 valence electrons. The van der Waals surface area contributed by atoms with Gasteiger partial charge in [0.25, 0.3) is 11.8 Å². The van der Waals surface area contributed by atoms with Crippen LogP contribution in [-0.2, 0) is 9.84 Å². The van der Waals surface area contributed by atoms with E-state index in [1.165, 1.54) is 24.3 Å². The minimum absolute atomic E-state index is 0.0159. The lowest BCUT2D eigenvalue weighted by Gasteiger charge is -2.11. The van der Waals surface area contributed by atoms with E-state index in [4.69, 9.17) is 0 Å². The van der Waals surface area contributed by atoms with Crippen molar-refractivity contribution in [2.45, 2.75) is 12.5 Å². The first kappa shape index (κ1) is 18.9. The van der Waals surface area contributed by atoms with E-state index < -0.39 is 39.3 Å². The van der Waals surface area contributed by atoms with Gasteiger partial charge < -0.3 is 10.6 Å². The fourth-order valence-corrected chi connectivity index (χ4v) is 4.30. The van der Waals surface area contributed by atoms with Gasteiger partial charge in [-0.15, -0.1) is 0 Å². The van der Waals surface area contributed by atoms with Crippen LogP contribution in [0.1, 0.15) is 27.4 Å². The standard InChI is InChI=1S/C17H15F2N3O4S/c18-12-5-4-10(8-13(12)19)20-16(23)14-2-1-3-15(22-14)17(24)21-11-6-7-27(25,26)9-11/h1-5,8,11H,6-7,9H2,(H,20,23)(H,21,24). The van der Waals surface area contributed by atoms with Gasteiger partial charge in [0.2, 0.25) is 0 Å². The second-order valence-electron chi connectivity index (χ2n) is 6.06. The van der Waals surface area contributed by atoms with Crippen LogP contribution >= 0.6 is 0 Å². The third kappa shape index (κ3) is 4.64. The highest BCUT2D eigenvalue weighted by atomic mass is 32.2. The summed E-state index contributed by atoms with van der Waals surface area (Å²) in [6.45, 7) is 0. The van der Waals surface area contributed by atoms with Gasteiger partial charge in [-0.05, 0) is 30.7 Å². The van der Waals surface area contributed by atoms with Gasteiger partial charge in [-0.25, -0.2) is 22.2 Å². The van der Waals surface area contributed by atoms with E-state index in [1.807, 2.05) is 0 Å². The van der Waals surface area contributed by atoms with Gasteiger partial charge in [-0.3, -0.25) is 9.59 Å². The van der Waals surface area contributed by atoms with Crippen molar-refractivity contribution in [3.05, 3.63) is 59.4 Å². The summed E-state index contributed by atoms with van der Waals surface area (Å²) in [5, 5.41) is 4.93. The average Bonchev–Trinajstić information content (AvgIpc) is 2.96. The lowest BCUT2D eigenvalue weighted by Crippen LogP contribution is -2.36. The Morgan fingerprint density at radius 2 is 1.74 bits per heavy atom. The minimum Gasteiger partial charge on any atom is -0.347 e. The molecule has 7 nitrogen and oxygen atoms in total. The summed E-state index contributed by atoms with van der Waals surface area (Å²) in [5.41, 5.74) is -0.129. The van der Waals surface area contributed by atoms with Crippen molar-refractivity contribution in [1.29, 1.82) is 0 Å². The number of rotatable bonds is 4. The zero-order valence-corrected chi connectivity index (χ0v) is 14.7. The third-order valence-electron chi connectivity index (χ3n) is 3.96.